The smallest absolute Gasteiger partial charge is 0.327 e. The van der Waals surface area contributed by atoms with Gasteiger partial charge in [0, 0.05) is 23.5 Å². The topological polar surface area (TPSA) is 66.4 Å². The van der Waals surface area contributed by atoms with E-state index < -0.39 is 12.0 Å². The van der Waals surface area contributed by atoms with Crippen molar-refractivity contribution in [3.05, 3.63) is 34.9 Å². The lowest BCUT2D eigenvalue weighted by Gasteiger charge is -2.12. The van der Waals surface area contributed by atoms with Gasteiger partial charge in [0.05, 0.1) is 0 Å². The molecule has 1 aromatic carbocycles. The largest absolute Gasteiger partial charge is 0.480 e. The summed E-state index contributed by atoms with van der Waals surface area (Å²) in [4.78, 5) is 21.7. The summed E-state index contributed by atoms with van der Waals surface area (Å²) in [7, 11) is 0. The minimum atomic E-state index is -1.02. The summed E-state index contributed by atoms with van der Waals surface area (Å²) in [6.07, 6.45) is 0. The lowest BCUT2D eigenvalue weighted by Crippen LogP contribution is -2.41. The predicted molar refractivity (Wildman–Crippen MR) is 72.9 cm³/mol. The van der Waals surface area contributed by atoms with E-state index in [2.05, 4.69) is 5.32 Å². The summed E-state index contributed by atoms with van der Waals surface area (Å²) in [6, 6.07) is 6.52. The monoisotopic (exact) mass is 287 g/mol. The molecule has 0 bridgehead atoms. The Labute approximate surface area is 115 Å². The number of thioether (sulfide) groups is 1. The second kappa shape index (κ2) is 7.28. The maximum absolute atomic E-state index is 10.9. The molecule has 1 aromatic rings. The van der Waals surface area contributed by atoms with Gasteiger partial charge in [0.15, 0.2) is 0 Å². The molecule has 0 saturated carbocycles. The fourth-order valence-electron chi connectivity index (χ4n) is 1.30. The number of benzene rings is 1. The number of nitrogens with one attached hydrogen (secondary N) is 1. The average molecular weight is 288 g/mol. The van der Waals surface area contributed by atoms with Crippen molar-refractivity contribution in [3.8, 4) is 0 Å². The van der Waals surface area contributed by atoms with E-state index in [0.29, 0.717) is 16.5 Å². The maximum atomic E-state index is 10.9. The van der Waals surface area contributed by atoms with E-state index in [1.54, 1.807) is 12.1 Å². The highest BCUT2D eigenvalue weighted by atomic mass is 35.5. The first-order valence-corrected chi connectivity index (χ1v) is 6.84. The Morgan fingerprint density at radius 2 is 2.00 bits per heavy atom. The standard InChI is InChI=1S/C12H14ClNO3S/c1-8(15)14-11(12(16)17)7-18-6-9-2-4-10(13)5-3-9/h2-5,11H,6-7H2,1H3,(H,14,15)(H,16,17)/t11-/m1/s1. The van der Waals surface area contributed by atoms with E-state index in [-0.39, 0.29) is 5.91 Å². The number of carboxylic acid groups (broad SMARTS) is 1. The van der Waals surface area contributed by atoms with Crippen LogP contribution in [-0.2, 0) is 15.3 Å². The third-order valence-corrected chi connectivity index (χ3v) is 3.50. The van der Waals surface area contributed by atoms with Crippen LogP contribution in [0.3, 0.4) is 0 Å². The summed E-state index contributed by atoms with van der Waals surface area (Å²) in [5.41, 5.74) is 1.07. The van der Waals surface area contributed by atoms with Crippen molar-refractivity contribution in [3.63, 3.8) is 0 Å². The number of halogens is 1. The molecule has 1 amide bonds. The Kier molecular flexibility index (Phi) is 6.01. The number of carbonyl (C=O) groups excluding carboxylic acids is 1. The minimum absolute atomic E-state index is 0.331. The SMILES string of the molecule is CC(=O)N[C@H](CSCc1ccc(Cl)cc1)C(=O)O. The van der Waals surface area contributed by atoms with E-state index in [1.807, 2.05) is 12.1 Å². The molecule has 0 aliphatic heterocycles. The number of rotatable bonds is 6. The number of carbonyl (C=O) groups is 2. The third-order valence-electron chi connectivity index (χ3n) is 2.14. The summed E-state index contributed by atoms with van der Waals surface area (Å²) < 4.78 is 0. The Bertz CT molecular complexity index is 422. The molecule has 1 rings (SSSR count). The van der Waals surface area contributed by atoms with E-state index >= 15 is 0 Å². The summed E-state index contributed by atoms with van der Waals surface area (Å²) >= 11 is 7.21. The molecule has 0 saturated heterocycles. The Morgan fingerprint density at radius 1 is 1.39 bits per heavy atom. The molecular weight excluding hydrogens is 274 g/mol. The normalized spacial score (nSPS) is 11.9. The number of hydrogen-bond donors (Lipinski definition) is 2. The van der Waals surface area contributed by atoms with Gasteiger partial charge in [0.1, 0.15) is 6.04 Å². The van der Waals surface area contributed by atoms with Gasteiger partial charge in [-0.05, 0) is 17.7 Å². The van der Waals surface area contributed by atoms with Crippen molar-refractivity contribution in [2.45, 2.75) is 18.7 Å². The van der Waals surface area contributed by atoms with Crippen LogP contribution in [0, 0.1) is 0 Å². The van der Waals surface area contributed by atoms with Crippen LogP contribution in [0.1, 0.15) is 12.5 Å². The number of carboxylic acids is 1. The number of hydrogen-bond acceptors (Lipinski definition) is 3. The molecule has 0 heterocycles. The van der Waals surface area contributed by atoms with Gasteiger partial charge in [-0.15, -0.1) is 0 Å². The van der Waals surface area contributed by atoms with Gasteiger partial charge < -0.3 is 10.4 Å². The van der Waals surface area contributed by atoms with Crippen molar-refractivity contribution >= 4 is 35.2 Å². The highest BCUT2D eigenvalue weighted by Gasteiger charge is 2.17. The molecule has 6 heteroatoms. The minimum Gasteiger partial charge on any atom is -0.480 e. The van der Waals surface area contributed by atoms with Crippen LogP contribution in [0.2, 0.25) is 5.02 Å². The van der Waals surface area contributed by atoms with Gasteiger partial charge in [0.2, 0.25) is 5.91 Å². The van der Waals surface area contributed by atoms with Crippen LogP contribution in [0.25, 0.3) is 0 Å². The van der Waals surface area contributed by atoms with Crippen LogP contribution in [0.5, 0.6) is 0 Å². The van der Waals surface area contributed by atoms with Gasteiger partial charge >= 0.3 is 5.97 Å². The predicted octanol–water partition coefficient (Wildman–Crippen LogP) is 2.16. The van der Waals surface area contributed by atoms with Crippen LogP contribution in [-0.4, -0.2) is 28.8 Å². The average Bonchev–Trinajstić information content (AvgIpc) is 2.29. The van der Waals surface area contributed by atoms with Crippen molar-refractivity contribution in [2.75, 3.05) is 5.75 Å². The van der Waals surface area contributed by atoms with Crippen molar-refractivity contribution < 1.29 is 14.7 Å². The van der Waals surface area contributed by atoms with Gasteiger partial charge in [-0.2, -0.15) is 11.8 Å². The summed E-state index contributed by atoms with van der Waals surface area (Å²) in [5.74, 6) is -0.346. The van der Waals surface area contributed by atoms with Gasteiger partial charge in [0.25, 0.3) is 0 Å². The molecule has 0 radical (unpaired) electrons. The van der Waals surface area contributed by atoms with E-state index in [9.17, 15) is 9.59 Å². The Balaban J connectivity index is 2.41. The zero-order chi connectivity index (χ0) is 13.5. The third kappa shape index (κ3) is 5.42. The first kappa shape index (κ1) is 14.9. The molecule has 1 atom stereocenters. The highest BCUT2D eigenvalue weighted by molar-refractivity contribution is 7.98. The fraction of sp³-hybridized carbons (Fsp3) is 0.333. The molecule has 98 valence electrons. The Morgan fingerprint density at radius 3 is 2.50 bits per heavy atom. The van der Waals surface area contributed by atoms with Crippen LogP contribution < -0.4 is 5.32 Å². The van der Waals surface area contributed by atoms with Crippen molar-refractivity contribution in [1.29, 1.82) is 0 Å². The second-order valence-corrected chi connectivity index (χ2v) is 5.20. The second-order valence-electron chi connectivity index (χ2n) is 3.73. The fourth-order valence-corrected chi connectivity index (χ4v) is 2.43. The first-order valence-electron chi connectivity index (χ1n) is 5.31. The lowest BCUT2D eigenvalue weighted by molar-refractivity contribution is -0.140. The molecule has 0 aliphatic rings. The van der Waals surface area contributed by atoms with Crippen LogP contribution in [0.4, 0.5) is 0 Å². The quantitative estimate of drug-likeness (QED) is 0.841. The molecule has 0 spiro atoms. The van der Waals surface area contributed by atoms with E-state index in [4.69, 9.17) is 16.7 Å². The van der Waals surface area contributed by atoms with E-state index in [0.717, 1.165) is 5.56 Å². The number of aliphatic carboxylic acids is 1. The van der Waals surface area contributed by atoms with Gasteiger partial charge in [-0.1, -0.05) is 23.7 Å². The molecule has 0 unspecified atom stereocenters. The maximum Gasteiger partial charge on any atom is 0.327 e. The molecular formula is C12H14ClNO3S. The lowest BCUT2D eigenvalue weighted by atomic mass is 10.2. The van der Waals surface area contributed by atoms with E-state index in [1.165, 1.54) is 18.7 Å². The first-order chi connectivity index (χ1) is 8.49. The van der Waals surface area contributed by atoms with Crippen molar-refractivity contribution in [1.82, 2.24) is 5.32 Å². The zero-order valence-electron chi connectivity index (χ0n) is 9.85. The van der Waals surface area contributed by atoms with Crippen molar-refractivity contribution in [2.24, 2.45) is 0 Å². The van der Waals surface area contributed by atoms with Crippen LogP contribution in [0.15, 0.2) is 24.3 Å². The molecule has 0 aliphatic carbocycles. The van der Waals surface area contributed by atoms with Gasteiger partial charge in [-0.3, -0.25) is 4.79 Å². The van der Waals surface area contributed by atoms with Gasteiger partial charge in [-0.25, -0.2) is 4.79 Å². The summed E-state index contributed by atoms with van der Waals surface area (Å²) in [5, 5.41) is 12.0. The zero-order valence-corrected chi connectivity index (χ0v) is 11.4. The molecule has 2 N–H and O–H groups in total. The summed E-state index contributed by atoms with van der Waals surface area (Å²) in [6.45, 7) is 1.31. The Hall–Kier alpha value is -1.20. The molecule has 4 nitrogen and oxygen atoms in total. The molecule has 0 fully saturated rings. The van der Waals surface area contributed by atoms with Crippen LogP contribution >= 0.6 is 23.4 Å². The molecule has 18 heavy (non-hydrogen) atoms. The highest BCUT2D eigenvalue weighted by Crippen LogP contribution is 2.16. The molecule has 0 aromatic heterocycles. The number of amides is 1.